The van der Waals surface area contributed by atoms with Gasteiger partial charge in [0.1, 0.15) is 0 Å². The Labute approximate surface area is 90.1 Å². The minimum absolute atomic E-state index is 0.206. The number of rotatable bonds is 3. The predicted molar refractivity (Wildman–Crippen MR) is 56.7 cm³/mol. The van der Waals surface area contributed by atoms with Crippen molar-refractivity contribution in [2.45, 2.75) is 6.42 Å². The largest absolute Gasteiger partial charge is 0.369 e. The molecule has 1 saturated heterocycles. The Balaban J connectivity index is 2.52. The molecule has 1 rings (SSSR count). The quantitative estimate of drug-likeness (QED) is 0.641. The molecular weight excluding hydrogens is 218 g/mol. The van der Waals surface area contributed by atoms with Gasteiger partial charge in [-0.3, -0.25) is 9.69 Å². The molecule has 1 aliphatic rings. The van der Waals surface area contributed by atoms with Gasteiger partial charge in [0.2, 0.25) is 15.9 Å². The summed E-state index contributed by atoms with van der Waals surface area (Å²) in [5.41, 5.74) is 5.08. The summed E-state index contributed by atoms with van der Waals surface area (Å²) >= 11 is 0. The maximum Gasteiger partial charge on any atom is 0.231 e. The monoisotopic (exact) mass is 235 g/mol. The third-order valence-corrected chi connectivity index (χ3v) is 3.70. The van der Waals surface area contributed by atoms with E-state index < -0.39 is 10.0 Å². The van der Waals surface area contributed by atoms with Gasteiger partial charge in [0, 0.05) is 19.6 Å². The molecule has 7 heteroatoms. The summed E-state index contributed by atoms with van der Waals surface area (Å²) in [7, 11) is -3.11. The van der Waals surface area contributed by atoms with E-state index in [-0.39, 0.29) is 12.5 Å². The van der Waals surface area contributed by atoms with Crippen molar-refractivity contribution in [1.82, 2.24) is 9.21 Å². The van der Waals surface area contributed by atoms with E-state index in [1.807, 2.05) is 4.90 Å². The maximum atomic E-state index is 11.3. The molecule has 0 aromatic carbocycles. The SMILES string of the molecule is CS(=O)(=O)N1CCCN(CC(N)=O)CC1. The van der Waals surface area contributed by atoms with Gasteiger partial charge in [-0.25, -0.2) is 12.7 Å². The van der Waals surface area contributed by atoms with E-state index in [1.54, 1.807) is 0 Å². The molecule has 1 heterocycles. The van der Waals surface area contributed by atoms with Crippen LogP contribution in [-0.2, 0) is 14.8 Å². The zero-order chi connectivity index (χ0) is 11.5. The molecule has 0 aliphatic carbocycles. The number of hydrogen-bond acceptors (Lipinski definition) is 4. The standard InChI is InChI=1S/C8H17N3O3S/c1-15(13,14)11-4-2-3-10(5-6-11)7-8(9)12/h2-7H2,1H3,(H2,9,12). The van der Waals surface area contributed by atoms with Crippen molar-refractivity contribution in [3.05, 3.63) is 0 Å². The molecule has 1 aliphatic heterocycles. The predicted octanol–water partition coefficient (Wildman–Crippen LogP) is -1.56. The highest BCUT2D eigenvalue weighted by atomic mass is 32.2. The van der Waals surface area contributed by atoms with E-state index in [9.17, 15) is 13.2 Å². The van der Waals surface area contributed by atoms with Gasteiger partial charge in [0.05, 0.1) is 12.8 Å². The average molecular weight is 235 g/mol. The Morgan fingerprint density at radius 1 is 1.27 bits per heavy atom. The van der Waals surface area contributed by atoms with Crippen LogP contribution < -0.4 is 5.73 Å². The average Bonchev–Trinajstić information content (AvgIpc) is 2.27. The second kappa shape index (κ2) is 4.91. The Kier molecular flexibility index (Phi) is 4.06. The zero-order valence-electron chi connectivity index (χ0n) is 8.85. The van der Waals surface area contributed by atoms with Crippen LogP contribution in [0.25, 0.3) is 0 Å². The Hall–Kier alpha value is -0.660. The van der Waals surface area contributed by atoms with Crippen LogP contribution in [0.4, 0.5) is 0 Å². The highest BCUT2D eigenvalue weighted by Gasteiger charge is 2.21. The molecule has 0 spiro atoms. The molecule has 0 aromatic heterocycles. The lowest BCUT2D eigenvalue weighted by atomic mass is 10.4. The molecule has 6 nitrogen and oxygen atoms in total. The van der Waals surface area contributed by atoms with Crippen molar-refractivity contribution in [3.63, 3.8) is 0 Å². The van der Waals surface area contributed by atoms with Crippen LogP contribution in [0.1, 0.15) is 6.42 Å². The summed E-state index contributed by atoms with van der Waals surface area (Å²) in [6.45, 7) is 2.45. The summed E-state index contributed by atoms with van der Waals surface area (Å²) in [5.74, 6) is -0.372. The Bertz CT molecular complexity index is 328. The summed E-state index contributed by atoms with van der Waals surface area (Å²) in [6, 6.07) is 0. The van der Waals surface area contributed by atoms with Gasteiger partial charge in [-0.05, 0) is 13.0 Å². The molecule has 0 unspecified atom stereocenters. The van der Waals surface area contributed by atoms with Crippen LogP contribution in [0.2, 0.25) is 0 Å². The zero-order valence-corrected chi connectivity index (χ0v) is 9.66. The highest BCUT2D eigenvalue weighted by molar-refractivity contribution is 7.88. The van der Waals surface area contributed by atoms with Crippen molar-refractivity contribution in [1.29, 1.82) is 0 Å². The first-order valence-corrected chi connectivity index (χ1v) is 6.70. The molecule has 0 aromatic rings. The molecule has 1 fully saturated rings. The molecule has 0 atom stereocenters. The minimum atomic E-state index is -3.11. The van der Waals surface area contributed by atoms with Crippen LogP contribution in [0.15, 0.2) is 0 Å². The van der Waals surface area contributed by atoms with E-state index in [0.29, 0.717) is 19.6 Å². The van der Waals surface area contributed by atoms with Gasteiger partial charge in [0.15, 0.2) is 0 Å². The molecule has 1 amide bonds. The van der Waals surface area contributed by atoms with E-state index in [1.165, 1.54) is 10.6 Å². The van der Waals surface area contributed by atoms with E-state index in [0.717, 1.165) is 13.0 Å². The number of hydrogen-bond donors (Lipinski definition) is 1. The number of nitrogens with two attached hydrogens (primary N) is 1. The van der Waals surface area contributed by atoms with Gasteiger partial charge in [-0.1, -0.05) is 0 Å². The van der Waals surface area contributed by atoms with Crippen LogP contribution in [-0.4, -0.2) is 62.5 Å². The molecule has 15 heavy (non-hydrogen) atoms. The number of sulfonamides is 1. The van der Waals surface area contributed by atoms with E-state index in [4.69, 9.17) is 5.73 Å². The third-order valence-electron chi connectivity index (χ3n) is 2.40. The lowest BCUT2D eigenvalue weighted by molar-refractivity contribution is -0.119. The fourth-order valence-corrected chi connectivity index (χ4v) is 2.53. The number of carbonyl (C=O) groups excluding carboxylic acids is 1. The summed E-state index contributed by atoms with van der Waals surface area (Å²) in [6.07, 6.45) is 1.94. The van der Waals surface area contributed by atoms with Gasteiger partial charge in [-0.15, -0.1) is 0 Å². The van der Waals surface area contributed by atoms with Crippen molar-refractivity contribution in [2.24, 2.45) is 5.73 Å². The molecule has 0 bridgehead atoms. The molecule has 0 radical (unpaired) electrons. The molecular formula is C8H17N3O3S. The first-order valence-electron chi connectivity index (χ1n) is 4.85. The van der Waals surface area contributed by atoms with E-state index >= 15 is 0 Å². The first kappa shape index (κ1) is 12.4. The fraction of sp³-hybridized carbons (Fsp3) is 0.875. The van der Waals surface area contributed by atoms with Crippen molar-refractivity contribution >= 4 is 15.9 Å². The van der Waals surface area contributed by atoms with Crippen LogP contribution in [0.3, 0.4) is 0 Å². The van der Waals surface area contributed by atoms with Crippen LogP contribution in [0, 0.1) is 0 Å². The van der Waals surface area contributed by atoms with E-state index in [2.05, 4.69) is 0 Å². The van der Waals surface area contributed by atoms with Gasteiger partial charge < -0.3 is 5.73 Å². The number of nitrogens with zero attached hydrogens (tertiary/aromatic N) is 2. The normalized spacial score (nSPS) is 21.1. The minimum Gasteiger partial charge on any atom is -0.369 e. The second-order valence-electron chi connectivity index (χ2n) is 3.76. The van der Waals surface area contributed by atoms with Crippen molar-refractivity contribution < 1.29 is 13.2 Å². The fourth-order valence-electron chi connectivity index (χ4n) is 1.66. The Morgan fingerprint density at radius 2 is 1.93 bits per heavy atom. The first-order chi connectivity index (χ1) is 6.89. The van der Waals surface area contributed by atoms with Crippen LogP contribution >= 0.6 is 0 Å². The van der Waals surface area contributed by atoms with Crippen molar-refractivity contribution in [2.75, 3.05) is 39.0 Å². The third kappa shape index (κ3) is 4.15. The smallest absolute Gasteiger partial charge is 0.231 e. The van der Waals surface area contributed by atoms with Crippen molar-refractivity contribution in [3.8, 4) is 0 Å². The maximum absolute atomic E-state index is 11.3. The second-order valence-corrected chi connectivity index (χ2v) is 5.74. The Morgan fingerprint density at radius 3 is 2.47 bits per heavy atom. The summed E-state index contributed by atoms with van der Waals surface area (Å²) in [5, 5.41) is 0. The van der Waals surface area contributed by atoms with Gasteiger partial charge in [0.25, 0.3) is 0 Å². The van der Waals surface area contributed by atoms with Gasteiger partial charge in [-0.2, -0.15) is 0 Å². The topological polar surface area (TPSA) is 83.7 Å². The summed E-state index contributed by atoms with van der Waals surface area (Å²) < 4.78 is 24.0. The number of amides is 1. The van der Waals surface area contributed by atoms with Gasteiger partial charge >= 0.3 is 0 Å². The molecule has 2 N–H and O–H groups in total. The molecule has 0 saturated carbocycles. The van der Waals surface area contributed by atoms with Crippen LogP contribution in [0.5, 0.6) is 0 Å². The summed E-state index contributed by atoms with van der Waals surface area (Å²) in [4.78, 5) is 12.6. The highest BCUT2D eigenvalue weighted by Crippen LogP contribution is 2.06. The number of carbonyl (C=O) groups is 1. The lowest BCUT2D eigenvalue weighted by Gasteiger charge is -2.18. The molecule has 88 valence electrons. The number of primary amides is 1. The lowest BCUT2D eigenvalue weighted by Crippen LogP contribution is -2.37.